The van der Waals surface area contributed by atoms with Gasteiger partial charge < -0.3 is 10.1 Å². The molecule has 1 amide bonds. The molecular formula is C15H17F3N2O3. The highest BCUT2D eigenvalue weighted by molar-refractivity contribution is 5.93. The zero-order valence-electron chi connectivity index (χ0n) is 12.5. The molecule has 1 atom stereocenters. The maximum atomic E-state index is 12.9. The van der Waals surface area contributed by atoms with Crippen molar-refractivity contribution >= 4 is 17.6 Å². The number of ether oxygens (including phenoxy) is 1. The summed E-state index contributed by atoms with van der Waals surface area (Å²) in [6.45, 7) is 0.361. The van der Waals surface area contributed by atoms with Crippen LogP contribution in [0.2, 0.25) is 0 Å². The van der Waals surface area contributed by atoms with Gasteiger partial charge in [0.25, 0.3) is 0 Å². The molecular weight excluding hydrogens is 313 g/mol. The number of nitrogens with one attached hydrogen (secondary N) is 1. The van der Waals surface area contributed by atoms with Crippen LogP contribution in [0.5, 0.6) is 0 Å². The Hall–Kier alpha value is -2.09. The fourth-order valence-corrected chi connectivity index (χ4v) is 2.63. The van der Waals surface area contributed by atoms with Gasteiger partial charge in [-0.3, -0.25) is 14.5 Å². The van der Waals surface area contributed by atoms with E-state index in [-0.39, 0.29) is 12.2 Å². The van der Waals surface area contributed by atoms with Crippen molar-refractivity contribution in [3.63, 3.8) is 0 Å². The van der Waals surface area contributed by atoms with Crippen LogP contribution in [-0.2, 0) is 20.5 Å². The highest BCUT2D eigenvalue weighted by Crippen LogP contribution is 2.34. The van der Waals surface area contributed by atoms with Crippen molar-refractivity contribution in [1.29, 1.82) is 0 Å². The molecule has 0 radical (unpaired) electrons. The van der Waals surface area contributed by atoms with Gasteiger partial charge in [-0.05, 0) is 31.5 Å². The van der Waals surface area contributed by atoms with Crippen LogP contribution >= 0.6 is 0 Å². The Morgan fingerprint density at radius 1 is 1.35 bits per heavy atom. The second-order valence-electron chi connectivity index (χ2n) is 5.24. The maximum Gasteiger partial charge on any atom is 0.418 e. The second-order valence-corrected chi connectivity index (χ2v) is 5.24. The molecule has 2 rings (SSSR count). The van der Waals surface area contributed by atoms with Crippen LogP contribution in [0, 0.1) is 0 Å². The Labute approximate surface area is 131 Å². The number of amides is 1. The molecule has 1 N–H and O–H groups in total. The molecule has 5 nitrogen and oxygen atoms in total. The van der Waals surface area contributed by atoms with E-state index in [0.717, 1.165) is 12.5 Å². The van der Waals surface area contributed by atoms with Crippen molar-refractivity contribution in [3.05, 3.63) is 29.8 Å². The summed E-state index contributed by atoms with van der Waals surface area (Å²) in [6, 6.07) is 4.25. The molecule has 0 saturated carbocycles. The number of rotatable bonds is 4. The number of para-hydroxylation sites is 1. The molecule has 0 aromatic heterocycles. The van der Waals surface area contributed by atoms with Crippen molar-refractivity contribution < 1.29 is 27.5 Å². The normalized spacial score (nSPS) is 18.7. The van der Waals surface area contributed by atoms with Crippen molar-refractivity contribution in [2.45, 2.75) is 25.1 Å². The average molecular weight is 330 g/mol. The summed E-state index contributed by atoms with van der Waals surface area (Å²) in [5.41, 5.74) is -1.20. The minimum Gasteiger partial charge on any atom is -0.468 e. The molecule has 126 valence electrons. The Morgan fingerprint density at radius 3 is 2.70 bits per heavy atom. The summed E-state index contributed by atoms with van der Waals surface area (Å²) in [7, 11) is 1.26. The number of hydrogen-bond acceptors (Lipinski definition) is 4. The van der Waals surface area contributed by atoms with E-state index in [9.17, 15) is 22.8 Å². The van der Waals surface area contributed by atoms with Gasteiger partial charge in [0.05, 0.1) is 24.9 Å². The van der Waals surface area contributed by atoms with E-state index >= 15 is 0 Å². The Bertz CT molecular complexity index is 590. The van der Waals surface area contributed by atoms with Crippen LogP contribution in [0.25, 0.3) is 0 Å². The molecule has 1 aliphatic rings. The molecule has 0 bridgehead atoms. The van der Waals surface area contributed by atoms with Gasteiger partial charge >= 0.3 is 12.1 Å². The fourth-order valence-electron chi connectivity index (χ4n) is 2.63. The lowest BCUT2D eigenvalue weighted by molar-refractivity contribution is -0.146. The number of alkyl halides is 3. The minimum atomic E-state index is -4.55. The van der Waals surface area contributed by atoms with Crippen LogP contribution in [0.3, 0.4) is 0 Å². The lowest BCUT2D eigenvalue weighted by Crippen LogP contribution is -2.41. The average Bonchev–Trinajstić information content (AvgIpc) is 2.93. The van der Waals surface area contributed by atoms with Gasteiger partial charge in [-0.25, -0.2) is 0 Å². The lowest BCUT2D eigenvalue weighted by atomic mass is 10.1. The maximum absolute atomic E-state index is 12.9. The van der Waals surface area contributed by atoms with E-state index in [1.807, 2.05) is 0 Å². The van der Waals surface area contributed by atoms with Crippen LogP contribution in [-0.4, -0.2) is 43.0 Å². The number of esters is 1. The molecule has 1 aromatic carbocycles. The summed E-state index contributed by atoms with van der Waals surface area (Å²) in [6.07, 6.45) is -3.25. The number of nitrogens with zero attached hydrogens (tertiary/aromatic N) is 1. The van der Waals surface area contributed by atoms with Crippen LogP contribution in [0.1, 0.15) is 18.4 Å². The van der Waals surface area contributed by atoms with Crippen molar-refractivity contribution in [1.82, 2.24) is 4.90 Å². The molecule has 0 aliphatic carbocycles. The molecule has 23 heavy (non-hydrogen) atoms. The number of anilines is 1. The molecule has 1 aliphatic heterocycles. The van der Waals surface area contributed by atoms with E-state index in [1.54, 1.807) is 4.90 Å². The number of hydrogen-bond donors (Lipinski definition) is 1. The Morgan fingerprint density at radius 2 is 2.04 bits per heavy atom. The molecule has 0 spiro atoms. The number of carbonyl (C=O) groups is 2. The monoisotopic (exact) mass is 330 g/mol. The van der Waals surface area contributed by atoms with Crippen molar-refractivity contribution in [2.75, 3.05) is 25.5 Å². The molecule has 1 saturated heterocycles. The predicted octanol–water partition coefficient (Wildman–Crippen LogP) is 2.28. The van der Waals surface area contributed by atoms with E-state index in [2.05, 4.69) is 10.1 Å². The first kappa shape index (κ1) is 17.3. The molecule has 1 unspecified atom stereocenters. The van der Waals surface area contributed by atoms with E-state index in [0.29, 0.717) is 13.0 Å². The third-order valence-electron chi connectivity index (χ3n) is 3.69. The fraction of sp³-hybridized carbons (Fsp3) is 0.467. The smallest absolute Gasteiger partial charge is 0.418 e. The largest absolute Gasteiger partial charge is 0.468 e. The topological polar surface area (TPSA) is 58.6 Å². The first-order valence-electron chi connectivity index (χ1n) is 7.11. The minimum absolute atomic E-state index is 0.161. The van der Waals surface area contributed by atoms with Gasteiger partial charge in [0.2, 0.25) is 5.91 Å². The van der Waals surface area contributed by atoms with Gasteiger partial charge in [0, 0.05) is 0 Å². The summed E-state index contributed by atoms with van der Waals surface area (Å²) in [5, 5.41) is 2.27. The molecule has 1 heterocycles. The van der Waals surface area contributed by atoms with Gasteiger partial charge in [0.1, 0.15) is 6.04 Å². The standard InChI is InChI=1S/C15H17F3N2O3/c1-23-14(22)12-7-4-8-20(12)9-13(21)19-11-6-3-2-5-10(11)15(16,17)18/h2-3,5-6,12H,4,7-9H2,1H3,(H,19,21). The molecule has 1 aromatic rings. The molecule has 8 heteroatoms. The summed E-state index contributed by atoms with van der Waals surface area (Å²) in [5.74, 6) is -1.04. The number of benzene rings is 1. The predicted molar refractivity (Wildman–Crippen MR) is 76.7 cm³/mol. The number of methoxy groups -OCH3 is 1. The lowest BCUT2D eigenvalue weighted by Gasteiger charge is -2.22. The summed E-state index contributed by atoms with van der Waals surface area (Å²) in [4.78, 5) is 25.2. The van der Waals surface area contributed by atoms with Crippen molar-refractivity contribution in [2.24, 2.45) is 0 Å². The van der Waals surface area contributed by atoms with Gasteiger partial charge in [-0.2, -0.15) is 13.2 Å². The third kappa shape index (κ3) is 4.22. The van der Waals surface area contributed by atoms with Crippen LogP contribution in [0.15, 0.2) is 24.3 Å². The first-order chi connectivity index (χ1) is 10.8. The van der Waals surface area contributed by atoms with Crippen LogP contribution in [0.4, 0.5) is 18.9 Å². The summed E-state index contributed by atoms with van der Waals surface area (Å²) < 4.78 is 43.4. The first-order valence-corrected chi connectivity index (χ1v) is 7.11. The third-order valence-corrected chi connectivity index (χ3v) is 3.69. The van der Waals surface area contributed by atoms with Gasteiger partial charge in [-0.15, -0.1) is 0 Å². The van der Waals surface area contributed by atoms with Crippen LogP contribution < -0.4 is 5.32 Å². The zero-order chi connectivity index (χ0) is 17.0. The quantitative estimate of drug-likeness (QED) is 0.861. The van der Waals surface area contributed by atoms with E-state index < -0.39 is 29.7 Å². The number of likely N-dealkylation sites (tertiary alicyclic amines) is 1. The highest BCUT2D eigenvalue weighted by atomic mass is 19.4. The zero-order valence-corrected chi connectivity index (χ0v) is 12.5. The van der Waals surface area contributed by atoms with Crippen molar-refractivity contribution in [3.8, 4) is 0 Å². The number of halogens is 3. The second kappa shape index (κ2) is 6.99. The SMILES string of the molecule is COC(=O)C1CCCN1CC(=O)Nc1ccccc1C(F)(F)F. The Balaban J connectivity index is 2.05. The van der Waals surface area contributed by atoms with Gasteiger partial charge in [0.15, 0.2) is 0 Å². The van der Waals surface area contributed by atoms with E-state index in [4.69, 9.17) is 0 Å². The Kier molecular flexibility index (Phi) is 5.25. The van der Waals surface area contributed by atoms with Gasteiger partial charge in [-0.1, -0.05) is 12.1 Å². The van der Waals surface area contributed by atoms with E-state index in [1.165, 1.54) is 25.3 Å². The molecule has 1 fully saturated rings. The number of carbonyl (C=O) groups excluding carboxylic acids is 2. The highest BCUT2D eigenvalue weighted by Gasteiger charge is 2.35. The summed E-state index contributed by atoms with van der Waals surface area (Å²) >= 11 is 0.